The number of amides is 2. The van der Waals surface area contributed by atoms with Crippen LogP contribution in [0.25, 0.3) is 6.08 Å². The zero-order valence-corrected chi connectivity index (χ0v) is 13.5. The van der Waals surface area contributed by atoms with Crippen molar-refractivity contribution in [3.05, 3.63) is 63.7 Å². The van der Waals surface area contributed by atoms with Gasteiger partial charge in [-0.15, -0.1) is 0 Å². The van der Waals surface area contributed by atoms with E-state index in [4.69, 9.17) is 4.74 Å². The second-order valence-electron chi connectivity index (χ2n) is 5.30. The van der Waals surface area contributed by atoms with Gasteiger partial charge in [0.2, 0.25) is 0 Å². The summed E-state index contributed by atoms with van der Waals surface area (Å²) in [6, 6.07) is 10.7. The standard InChI is InChI=1S/C17H13N3O6/c1-26-14-9-10(8-13(15(14)21)20(24)25)7-12-16(22)18-19(17(12)23)11-5-3-2-4-6-11/h2-9,21H,1H3,(H,18,22)/p-1/b12-7+. The van der Waals surface area contributed by atoms with Crippen molar-refractivity contribution in [2.45, 2.75) is 0 Å². The van der Waals surface area contributed by atoms with Gasteiger partial charge in [-0.05, 0) is 29.8 Å². The fourth-order valence-corrected chi connectivity index (χ4v) is 2.46. The van der Waals surface area contributed by atoms with Crippen molar-refractivity contribution in [2.75, 3.05) is 12.1 Å². The van der Waals surface area contributed by atoms with Crippen molar-refractivity contribution in [3.63, 3.8) is 0 Å². The fourth-order valence-electron chi connectivity index (χ4n) is 2.46. The highest BCUT2D eigenvalue weighted by Crippen LogP contribution is 2.35. The van der Waals surface area contributed by atoms with Crippen LogP contribution in [0.3, 0.4) is 0 Å². The van der Waals surface area contributed by atoms with E-state index in [0.29, 0.717) is 5.69 Å². The minimum absolute atomic E-state index is 0.126. The molecule has 2 aromatic carbocycles. The molecule has 132 valence electrons. The number of nitro groups is 1. The first kappa shape index (κ1) is 17.0. The monoisotopic (exact) mass is 354 g/mol. The predicted molar refractivity (Wildman–Crippen MR) is 89.1 cm³/mol. The molecule has 0 radical (unpaired) electrons. The summed E-state index contributed by atoms with van der Waals surface area (Å²) in [5, 5.41) is 23.9. The minimum Gasteiger partial charge on any atom is -0.865 e. The summed E-state index contributed by atoms with van der Waals surface area (Å²) < 4.78 is 4.84. The molecule has 2 amide bonds. The van der Waals surface area contributed by atoms with Crippen molar-refractivity contribution in [3.8, 4) is 11.5 Å². The first-order valence-electron chi connectivity index (χ1n) is 7.38. The first-order valence-corrected chi connectivity index (χ1v) is 7.38. The van der Waals surface area contributed by atoms with E-state index in [9.17, 15) is 24.8 Å². The van der Waals surface area contributed by atoms with E-state index in [2.05, 4.69) is 5.43 Å². The number of anilines is 1. The molecule has 0 unspecified atom stereocenters. The zero-order valence-electron chi connectivity index (χ0n) is 13.5. The second-order valence-corrected chi connectivity index (χ2v) is 5.30. The van der Waals surface area contributed by atoms with Gasteiger partial charge >= 0.3 is 0 Å². The molecule has 1 aliphatic rings. The Morgan fingerprint density at radius 2 is 1.88 bits per heavy atom. The Hall–Kier alpha value is -3.88. The third-order valence-corrected chi connectivity index (χ3v) is 3.69. The SMILES string of the molecule is COc1cc(/C=C2\C(=O)NN(c3ccccc3)C2=O)cc([N+](=O)[O-])c1[O-]. The van der Waals surface area contributed by atoms with Crippen molar-refractivity contribution < 1.29 is 24.4 Å². The van der Waals surface area contributed by atoms with Gasteiger partial charge in [-0.2, -0.15) is 0 Å². The Morgan fingerprint density at radius 1 is 1.19 bits per heavy atom. The molecule has 0 spiro atoms. The average Bonchev–Trinajstić information content (AvgIpc) is 2.91. The number of carbonyl (C=O) groups is 2. The van der Waals surface area contributed by atoms with Crippen molar-refractivity contribution in [1.29, 1.82) is 0 Å². The normalized spacial score (nSPS) is 15.3. The van der Waals surface area contributed by atoms with Crippen molar-refractivity contribution >= 4 is 29.3 Å². The summed E-state index contributed by atoms with van der Waals surface area (Å²) in [7, 11) is 1.20. The smallest absolute Gasteiger partial charge is 0.282 e. The van der Waals surface area contributed by atoms with Crippen LogP contribution in [-0.2, 0) is 9.59 Å². The number of para-hydroxylation sites is 1. The van der Waals surface area contributed by atoms with Crippen LogP contribution in [0.1, 0.15) is 5.56 Å². The number of hydrogen-bond acceptors (Lipinski definition) is 6. The summed E-state index contributed by atoms with van der Waals surface area (Å²) in [5.74, 6) is -2.41. The number of carbonyl (C=O) groups excluding carboxylic acids is 2. The number of rotatable bonds is 4. The van der Waals surface area contributed by atoms with Gasteiger partial charge in [-0.1, -0.05) is 18.2 Å². The third kappa shape index (κ3) is 2.93. The molecule has 26 heavy (non-hydrogen) atoms. The molecule has 1 heterocycles. The van der Waals surface area contributed by atoms with Crippen LogP contribution in [0.5, 0.6) is 11.5 Å². The predicted octanol–water partition coefficient (Wildman–Crippen LogP) is 1.14. The number of benzene rings is 2. The van der Waals surface area contributed by atoms with Gasteiger partial charge < -0.3 is 9.84 Å². The molecule has 1 saturated heterocycles. The van der Waals surface area contributed by atoms with E-state index in [0.717, 1.165) is 11.1 Å². The zero-order chi connectivity index (χ0) is 18.8. The number of nitrogens with one attached hydrogen (secondary N) is 1. The molecule has 0 aliphatic carbocycles. The summed E-state index contributed by atoms with van der Waals surface area (Å²) >= 11 is 0. The number of nitrogens with zero attached hydrogens (tertiary/aromatic N) is 2. The molecular weight excluding hydrogens is 342 g/mol. The first-order chi connectivity index (χ1) is 12.4. The lowest BCUT2D eigenvalue weighted by Gasteiger charge is -2.14. The molecule has 1 aliphatic heterocycles. The maximum Gasteiger partial charge on any atom is 0.282 e. The van der Waals surface area contributed by atoms with E-state index in [1.54, 1.807) is 30.3 Å². The average molecular weight is 354 g/mol. The van der Waals surface area contributed by atoms with E-state index in [-0.39, 0.29) is 16.9 Å². The molecule has 9 heteroatoms. The summed E-state index contributed by atoms with van der Waals surface area (Å²) in [5.41, 5.74) is 2.08. The number of hydrogen-bond donors (Lipinski definition) is 1. The van der Waals surface area contributed by atoms with Crippen LogP contribution in [-0.4, -0.2) is 23.8 Å². The Kier molecular flexibility index (Phi) is 4.27. The quantitative estimate of drug-likeness (QED) is 0.380. The van der Waals surface area contributed by atoms with Crippen molar-refractivity contribution in [2.24, 2.45) is 0 Å². The van der Waals surface area contributed by atoms with Gasteiger partial charge in [-0.3, -0.25) is 25.1 Å². The number of methoxy groups -OCH3 is 1. The number of ether oxygens (including phenoxy) is 1. The molecule has 1 fully saturated rings. The van der Waals surface area contributed by atoms with E-state index in [1.165, 1.54) is 19.3 Å². The lowest BCUT2D eigenvalue weighted by atomic mass is 10.1. The molecule has 9 nitrogen and oxygen atoms in total. The van der Waals surface area contributed by atoms with Gasteiger partial charge in [-0.25, -0.2) is 5.01 Å². The van der Waals surface area contributed by atoms with Gasteiger partial charge in [0.05, 0.1) is 17.7 Å². The van der Waals surface area contributed by atoms with Crippen LogP contribution in [0, 0.1) is 10.1 Å². The van der Waals surface area contributed by atoms with E-state index < -0.39 is 28.2 Å². The molecule has 3 rings (SSSR count). The maximum atomic E-state index is 12.5. The van der Waals surface area contributed by atoms with Crippen LogP contribution in [0.2, 0.25) is 0 Å². The highest BCUT2D eigenvalue weighted by Gasteiger charge is 2.34. The van der Waals surface area contributed by atoms with E-state index in [1.807, 2.05) is 0 Å². The molecule has 2 aromatic rings. The second kappa shape index (κ2) is 6.55. The largest absolute Gasteiger partial charge is 0.865 e. The number of hydrazine groups is 1. The molecule has 0 saturated carbocycles. The Bertz CT molecular complexity index is 939. The minimum atomic E-state index is -0.882. The summed E-state index contributed by atoms with van der Waals surface area (Å²) in [4.78, 5) is 34.8. The maximum absolute atomic E-state index is 12.5. The summed E-state index contributed by atoms with van der Waals surface area (Å²) in [6.45, 7) is 0. The molecule has 0 aromatic heterocycles. The number of nitro benzene ring substituents is 1. The molecule has 0 bridgehead atoms. The Balaban J connectivity index is 2.02. The molecule has 0 atom stereocenters. The highest BCUT2D eigenvalue weighted by atomic mass is 16.6. The third-order valence-electron chi connectivity index (χ3n) is 3.69. The lowest BCUT2D eigenvalue weighted by Crippen LogP contribution is -2.35. The Labute approximate surface area is 147 Å². The van der Waals surface area contributed by atoms with Gasteiger partial charge in [0.15, 0.2) is 0 Å². The highest BCUT2D eigenvalue weighted by molar-refractivity contribution is 6.31. The van der Waals surface area contributed by atoms with Crippen molar-refractivity contribution in [1.82, 2.24) is 5.43 Å². The molecular formula is C17H12N3O6-. The Morgan fingerprint density at radius 3 is 2.50 bits per heavy atom. The molecule has 1 N–H and O–H groups in total. The van der Waals surface area contributed by atoms with Gasteiger partial charge in [0, 0.05) is 11.8 Å². The van der Waals surface area contributed by atoms with Gasteiger partial charge in [0.1, 0.15) is 11.3 Å². The lowest BCUT2D eigenvalue weighted by molar-refractivity contribution is -0.398. The summed E-state index contributed by atoms with van der Waals surface area (Å²) in [6.07, 6.45) is 1.18. The van der Waals surface area contributed by atoms with Crippen LogP contribution in [0.15, 0.2) is 48.0 Å². The van der Waals surface area contributed by atoms with Crippen LogP contribution in [0.4, 0.5) is 11.4 Å². The van der Waals surface area contributed by atoms with Crippen LogP contribution < -0.4 is 20.3 Å². The fraction of sp³-hybridized carbons (Fsp3) is 0.0588. The van der Waals surface area contributed by atoms with Gasteiger partial charge in [0.25, 0.3) is 17.5 Å². The van der Waals surface area contributed by atoms with E-state index >= 15 is 0 Å². The van der Waals surface area contributed by atoms with Crippen LogP contribution >= 0.6 is 0 Å². The topological polar surface area (TPSA) is 125 Å².